The lowest BCUT2D eigenvalue weighted by molar-refractivity contribution is 0.0208. The van der Waals surface area contributed by atoms with Gasteiger partial charge in [0.2, 0.25) is 0 Å². The number of amides is 2. The molecule has 4 aromatic rings. The van der Waals surface area contributed by atoms with Crippen LogP contribution in [0.4, 0.5) is 9.59 Å². The number of carbonyl (C=O) groups is 2. The Morgan fingerprint density at radius 1 is 0.867 bits per heavy atom. The summed E-state index contributed by atoms with van der Waals surface area (Å²) in [5, 5.41) is 0. The first-order chi connectivity index (χ1) is 21.3. The molecule has 2 aliphatic heterocycles. The molecular weight excluding hydrogens is 588 g/mol. The first kappa shape index (κ1) is 30.9. The zero-order valence-corrected chi connectivity index (χ0v) is 27.7. The number of likely N-dealkylation sites (tertiary alicyclic amines) is 2. The molecule has 10 nitrogen and oxygen atoms in total. The minimum atomic E-state index is -0.537. The van der Waals surface area contributed by atoms with E-state index in [9.17, 15) is 9.59 Å². The monoisotopic (exact) mass is 630 g/mol. The average molecular weight is 631 g/mol. The van der Waals surface area contributed by atoms with E-state index in [1.54, 1.807) is 21.1 Å². The average Bonchev–Trinajstić information content (AvgIpc) is 3.78. The summed E-state index contributed by atoms with van der Waals surface area (Å²) in [6.07, 6.45) is 9.00. The summed E-state index contributed by atoms with van der Waals surface area (Å²) in [5.74, 6) is 1.58. The van der Waals surface area contributed by atoms with Crippen LogP contribution in [0, 0.1) is 0 Å². The van der Waals surface area contributed by atoms with Gasteiger partial charge in [-0.3, -0.25) is 9.80 Å². The van der Waals surface area contributed by atoms with Gasteiger partial charge in [-0.15, -0.1) is 11.3 Å². The van der Waals surface area contributed by atoms with Crippen LogP contribution in [0.3, 0.4) is 0 Å². The van der Waals surface area contributed by atoms with E-state index < -0.39 is 11.2 Å². The van der Waals surface area contributed by atoms with E-state index in [1.807, 2.05) is 53.8 Å². The van der Waals surface area contributed by atoms with Crippen LogP contribution in [0.15, 0.2) is 36.5 Å². The van der Waals surface area contributed by atoms with Gasteiger partial charge in [0.1, 0.15) is 22.9 Å². The Morgan fingerprint density at radius 2 is 1.51 bits per heavy atom. The van der Waals surface area contributed by atoms with Gasteiger partial charge in [-0.2, -0.15) is 0 Å². The lowest BCUT2D eigenvalue weighted by Crippen LogP contribution is -2.36. The van der Waals surface area contributed by atoms with E-state index in [2.05, 4.69) is 51.4 Å². The normalized spacial score (nSPS) is 19.2. The third kappa shape index (κ3) is 7.08. The number of rotatable bonds is 5. The Hall–Kier alpha value is -4.12. The van der Waals surface area contributed by atoms with Crippen LogP contribution in [0.25, 0.3) is 33.8 Å². The van der Waals surface area contributed by atoms with Gasteiger partial charge in [0.05, 0.1) is 39.9 Å². The summed E-state index contributed by atoms with van der Waals surface area (Å²) < 4.78 is 11.3. The Labute approximate surface area is 267 Å². The SMILES string of the molecule is CC(C)(C)OC(=O)N1CCC[C@H]1c1ncc(-c2ccc(C=Cc3ccc4nc([C@@H]5CCCN5C(=O)OC(C)(C)C)[nH]c4c3)s2)[nH]1. The largest absolute Gasteiger partial charge is 0.444 e. The minimum absolute atomic E-state index is 0.111. The van der Waals surface area contributed by atoms with Gasteiger partial charge in [-0.25, -0.2) is 19.6 Å². The zero-order valence-electron chi connectivity index (χ0n) is 26.8. The predicted octanol–water partition coefficient (Wildman–Crippen LogP) is 8.33. The van der Waals surface area contributed by atoms with Crippen molar-refractivity contribution < 1.29 is 19.1 Å². The van der Waals surface area contributed by atoms with Crippen molar-refractivity contribution >= 4 is 46.7 Å². The molecule has 2 aliphatic rings. The second-order valence-corrected chi connectivity index (χ2v) is 14.9. The highest BCUT2D eigenvalue weighted by molar-refractivity contribution is 7.16. The van der Waals surface area contributed by atoms with E-state index in [4.69, 9.17) is 14.5 Å². The van der Waals surface area contributed by atoms with E-state index in [0.717, 1.165) is 69.4 Å². The first-order valence-electron chi connectivity index (χ1n) is 15.7. The highest BCUT2D eigenvalue weighted by atomic mass is 32.1. The summed E-state index contributed by atoms with van der Waals surface area (Å²) in [5.41, 5.74) is 2.73. The van der Waals surface area contributed by atoms with Crippen LogP contribution in [-0.4, -0.2) is 66.2 Å². The topological polar surface area (TPSA) is 116 Å². The molecule has 11 heteroatoms. The Morgan fingerprint density at radius 3 is 2.16 bits per heavy atom. The molecule has 0 aliphatic carbocycles. The number of hydrogen-bond donors (Lipinski definition) is 2. The zero-order chi connectivity index (χ0) is 31.9. The van der Waals surface area contributed by atoms with Gasteiger partial charge in [0.15, 0.2) is 0 Å². The fourth-order valence-corrected chi connectivity index (χ4v) is 6.76. The third-order valence-electron chi connectivity index (χ3n) is 7.84. The molecule has 0 unspecified atom stereocenters. The molecule has 0 bridgehead atoms. The lowest BCUT2D eigenvalue weighted by atomic mass is 10.2. The highest BCUT2D eigenvalue weighted by Crippen LogP contribution is 2.35. The molecular formula is C34H42N6O4S. The van der Waals surface area contributed by atoms with Gasteiger partial charge in [-0.05, 0) is 103 Å². The van der Waals surface area contributed by atoms with E-state index in [0.29, 0.717) is 13.1 Å². The van der Waals surface area contributed by atoms with E-state index in [-0.39, 0.29) is 24.3 Å². The van der Waals surface area contributed by atoms with Crippen LogP contribution in [0.2, 0.25) is 0 Å². The first-order valence-corrected chi connectivity index (χ1v) is 16.5. The number of imidazole rings is 2. The quantitative estimate of drug-likeness (QED) is 0.229. The highest BCUT2D eigenvalue weighted by Gasteiger charge is 2.36. The van der Waals surface area contributed by atoms with Crippen LogP contribution >= 0.6 is 11.3 Å². The molecule has 5 heterocycles. The molecule has 6 rings (SSSR count). The smallest absolute Gasteiger partial charge is 0.410 e. The fraction of sp³-hybridized carbons (Fsp3) is 0.471. The molecule has 45 heavy (non-hydrogen) atoms. The van der Waals surface area contributed by atoms with Gasteiger partial charge in [0, 0.05) is 18.0 Å². The fourth-order valence-electron chi connectivity index (χ4n) is 5.89. The van der Waals surface area contributed by atoms with Crippen molar-refractivity contribution in [2.75, 3.05) is 13.1 Å². The lowest BCUT2D eigenvalue weighted by Gasteiger charge is -2.27. The molecule has 1 aromatic carbocycles. The van der Waals surface area contributed by atoms with Crippen molar-refractivity contribution in [1.82, 2.24) is 29.7 Å². The number of fused-ring (bicyclic) bond motifs is 1. The van der Waals surface area contributed by atoms with Crippen molar-refractivity contribution in [2.24, 2.45) is 0 Å². The molecule has 3 aromatic heterocycles. The van der Waals surface area contributed by atoms with Crippen LogP contribution < -0.4 is 0 Å². The van der Waals surface area contributed by atoms with Crippen LogP contribution in [0.5, 0.6) is 0 Å². The van der Waals surface area contributed by atoms with Crippen molar-refractivity contribution in [3.05, 3.63) is 58.6 Å². The van der Waals surface area contributed by atoms with Crippen molar-refractivity contribution in [2.45, 2.75) is 90.5 Å². The number of benzene rings is 1. The predicted molar refractivity (Wildman–Crippen MR) is 177 cm³/mol. The Balaban J connectivity index is 1.13. The molecule has 2 saturated heterocycles. The number of H-pyrrole nitrogens is 2. The van der Waals surface area contributed by atoms with Crippen molar-refractivity contribution in [3.8, 4) is 10.6 Å². The molecule has 2 atom stereocenters. The number of carbonyl (C=O) groups excluding carboxylic acids is 2. The number of aromatic amines is 2. The minimum Gasteiger partial charge on any atom is -0.444 e. The van der Waals surface area contributed by atoms with Gasteiger partial charge in [0.25, 0.3) is 0 Å². The van der Waals surface area contributed by atoms with Gasteiger partial charge < -0.3 is 19.4 Å². The third-order valence-corrected chi connectivity index (χ3v) is 8.93. The van der Waals surface area contributed by atoms with E-state index >= 15 is 0 Å². The van der Waals surface area contributed by atoms with Crippen molar-refractivity contribution in [1.29, 1.82) is 0 Å². The molecule has 2 amide bonds. The second-order valence-electron chi connectivity index (χ2n) is 13.8. The second kappa shape index (κ2) is 12.0. The maximum atomic E-state index is 12.8. The summed E-state index contributed by atoms with van der Waals surface area (Å²) in [4.78, 5) is 47.7. The molecule has 238 valence electrons. The maximum Gasteiger partial charge on any atom is 0.410 e. The molecule has 0 saturated carbocycles. The summed E-state index contributed by atoms with van der Waals surface area (Å²) in [6, 6.07) is 10.1. The van der Waals surface area contributed by atoms with Crippen LogP contribution in [-0.2, 0) is 9.47 Å². The van der Waals surface area contributed by atoms with Crippen molar-refractivity contribution in [3.63, 3.8) is 0 Å². The number of hydrogen-bond acceptors (Lipinski definition) is 7. The number of ether oxygens (including phenoxy) is 2. The molecule has 2 fully saturated rings. The molecule has 0 radical (unpaired) electrons. The van der Waals surface area contributed by atoms with E-state index in [1.165, 1.54) is 0 Å². The summed E-state index contributed by atoms with van der Waals surface area (Å²) in [7, 11) is 0. The number of thiophene rings is 1. The summed E-state index contributed by atoms with van der Waals surface area (Å²) >= 11 is 1.67. The summed E-state index contributed by atoms with van der Waals surface area (Å²) in [6.45, 7) is 12.6. The Kier molecular flexibility index (Phi) is 8.24. The molecule has 2 N–H and O–H groups in total. The molecule has 0 spiro atoms. The van der Waals surface area contributed by atoms with Gasteiger partial charge in [-0.1, -0.05) is 12.1 Å². The number of nitrogens with one attached hydrogen (secondary N) is 2. The standard InChI is InChI=1S/C34H42N6O4S/c1-33(2,3)43-31(41)39-17-7-9-26(39)29-35-20-25(38-29)28-16-14-22(45-28)13-11-21-12-15-23-24(19-21)37-30(36-23)27-10-8-18-40(27)32(42)44-34(4,5)6/h11-16,19-20,26-27H,7-10,17-18H2,1-6H3,(H,35,38)(H,36,37)/t26-,27-/m0/s1. The Bertz CT molecular complexity index is 1720. The number of nitrogens with zero attached hydrogens (tertiary/aromatic N) is 4. The maximum absolute atomic E-state index is 12.8. The van der Waals surface area contributed by atoms with Crippen LogP contribution in [0.1, 0.15) is 101 Å². The number of aromatic nitrogens is 4. The van der Waals surface area contributed by atoms with Gasteiger partial charge >= 0.3 is 12.2 Å².